The lowest BCUT2D eigenvalue weighted by molar-refractivity contribution is 0.378. The van der Waals surface area contributed by atoms with Gasteiger partial charge in [0.05, 0.1) is 5.75 Å². The molecule has 0 bridgehead atoms. The first-order chi connectivity index (χ1) is 11.2. The lowest BCUT2D eigenvalue weighted by atomic mass is 10.1. The molecule has 0 radical (unpaired) electrons. The molecule has 0 aliphatic heterocycles. The van der Waals surface area contributed by atoms with E-state index in [1.54, 1.807) is 11.8 Å². The van der Waals surface area contributed by atoms with Crippen LogP contribution < -0.4 is 5.32 Å². The van der Waals surface area contributed by atoms with Crippen molar-refractivity contribution in [3.63, 3.8) is 0 Å². The van der Waals surface area contributed by atoms with Crippen LogP contribution in [0.5, 0.6) is 0 Å². The molecule has 120 valence electrons. The van der Waals surface area contributed by atoms with E-state index in [4.69, 9.17) is 4.52 Å². The molecular weight excluding hydrogens is 330 g/mol. The van der Waals surface area contributed by atoms with E-state index in [0.29, 0.717) is 17.5 Å². The van der Waals surface area contributed by atoms with Crippen LogP contribution in [0.4, 0.5) is 10.8 Å². The summed E-state index contributed by atoms with van der Waals surface area (Å²) in [5.74, 6) is 1.97. The number of hydrogen-bond donors (Lipinski definition) is 1. The molecular formula is C15H17N5OS2. The normalized spacial score (nSPS) is 10.9. The van der Waals surface area contributed by atoms with Crippen LogP contribution in [-0.2, 0) is 12.2 Å². The van der Waals surface area contributed by atoms with Gasteiger partial charge in [0.2, 0.25) is 11.0 Å². The molecule has 1 aromatic carbocycles. The van der Waals surface area contributed by atoms with Gasteiger partial charge in [-0.05, 0) is 31.0 Å². The number of rotatable bonds is 6. The third-order valence-electron chi connectivity index (χ3n) is 3.39. The predicted octanol–water partition coefficient (Wildman–Crippen LogP) is 4.14. The minimum atomic E-state index is 0.627. The number of nitrogens with one attached hydrogen (secondary N) is 1. The number of benzene rings is 1. The summed E-state index contributed by atoms with van der Waals surface area (Å²) < 4.78 is 5.97. The summed E-state index contributed by atoms with van der Waals surface area (Å²) in [5.41, 5.74) is 3.53. The number of thioether (sulfide) groups is 1. The molecule has 3 rings (SSSR count). The van der Waals surface area contributed by atoms with E-state index >= 15 is 0 Å². The molecule has 0 aliphatic rings. The van der Waals surface area contributed by atoms with Crippen molar-refractivity contribution in [3.8, 4) is 0 Å². The van der Waals surface area contributed by atoms with Gasteiger partial charge in [0.15, 0.2) is 10.2 Å². The Kier molecular flexibility index (Phi) is 4.92. The number of nitrogens with zero attached hydrogens (tertiary/aromatic N) is 4. The first-order valence-corrected chi connectivity index (χ1v) is 9.07. The van der Waals surface area contributed by atoms with Gasteiger partial charge in [-0.15, -0.1) is 10.2 Å². The van der Waals surface area contributed by atoms with Crippen molar-refractivity contribution in [1.82, 2.24) is 20.3 Å². The zero-order valence-electron chi connectivity index (χ0n) is 13.2. The minimum absolute atomic E-state index is 0.627. The largest absolute Gasteiger partial charge is 0.339 e. The first kappa shape index (κ1) is 15.9. The van der Waals surface area contributed by atoms with Crippen molar-refractivity contribution in [1.29, 1.82) is 0 Å². The highest BCUT2D eigenvalue weighted by Gasteiger charge is 2.10. The highest BCUT2D eigenvalue weighted by atomic mass is 32.2. The van der Waals surface area contributed by atoms with Crippen LogP contribution in [0.2, 0.25) is 0 Å². The predicted molar refractivity (Wildman–Crippen MR) is 92.3 cm³/mol. The second-order valence-corrected chi connectivity index (χ2v) is 7.19. The summed E-state index contributed by atoms with van der Waals surface area (Å²) in [6.45, 7) is 6.17. The summed E-state index contributed by atoms with van der Waals surface area (Å²) in [6.07, 6.45) is 0.750. The zero-order valence-corrected chi connectivity index (χ0v) is 14.8. The van der Waals surface area contributed by atoms with E-state index in [2.05, 4.69) is 45.6 Å². The Morgan fingerprint density at radius 2 is 2.13 bits per heavy atom. The molecule has 1 N–H and O–H groups in total. The Morgan fingerprint density at radius 3 is 2.91 bits per heavy atom. The summed E-state index contributed by atoms with van der Waals surface area (Å²) >= 11 is 3.07. The lowest BCUT2D eigenvalue weighted by Crippen LogP contribution is -1.94. The summed E-state index contributed by atoms with van der Waals surface area (Å²) in [5, 5.41) is 16.4. The van der Waals surface area contributed by atoms with Gasteiger partial charge in [-0.25, -0.2) is 0 Å². The van der Waals surface area contributed by atoms with Gasteiger partial charge in [-0.3, -0.25) is 0 Å². The second kappa shape index (κ2) is 7.10. The molecule has 0 unspecified atom stereocenters. The fourth-order valence-electron chi connectivity index (χ4n) is 1.94. The number of anilines is 2. The van der Waals surface area contributed by atoms with Crippen molar-refractivity contribution >= 4 is 33.9 Å². The van der Waals surface area contributed by atoms with Gasteiger partial charge in [-0.2, -0.15) is 4.98 Å². The Bertz CT molecular complexity index is 799. The molecule has 0 saturated heterocycles. The fraction of sp³-hybridized carbons (Fsp3) is 0.333. The lowest BCUT2D eigenvalue weighted by Gasteiger charge is -2.08. The molecule has 0 saturated carbocycles. The monoisotopic (exact) mass is 347 g/mol. The molecule has 3 aromatic rings. The molecule has 8 heteroatoms. The summed E-state index contributed by atoms with van der Waals surface area (Å²) in [4.78, 5) is 4.28. The minimum Gasteiger partial charge on any atom is -0.339 e. The van der Waals surface area contributed by atoms with Gasteiger partial charge >= 0.3 is 0 Å². The fourth-order valence-corrected chi connectivity index (χ4v) is 3.55. The van der Waals surface area contributed by atoms with E-state index in [1.165, 1.54) is 22.5 Å². The van der Waals surface area contributed by atoms with E-state index in [1.807, 2.05) is 19.1 Å². The van der Waals surface area contributed by atoms with Crippen molar-refractivity contribution in [2.75, 3.05) is 5.32 Å². The number of hydrogen-bond acceptors (Lipinski definition) is 8. The van der Waals surface area contributed by atoms with E-state index < -0.39 is 0 Å². The van der Waals surface area contributed by atoms with Gasteiger partial charge < -0.3 is 9.84 Å². The van der Waals surface area contributed by atoms with Crippen LogP contribution in [0, 0.1) is 13.8 Å². The van der Waals surface area contributed by atoms with E-state index in [0.717, 1.165) is 21.6 Å². The van der Waals surface area contributed by atoms with Gasteiger partial charge in [0.25, 0.3) is 0 Å². The third kappa shape index (κ3) is 3.89. The highest BCUT2D eigenvalue weighted by molar-refractivity contribution is 8.00. The molecule has 0 aliphatic carbocycles. The quantitative estimate of drug-likeness (QED) is 0.672. The molecule has 0 atom stereocenters. The average Bonchev–Trinajstić information content (AvgIpc) is 3.19. The van der Waals surface area contributed by atoms with Crippen molar-refractivity contribution in [2.24, 2.45) is 0 Å². The molecule has 0 fully saturated rings. The van der Waals surface area contributed by atoms with Crippen molar-refractivity contribution in [2.45, 2.75) is 37.3 Å². The van der Waals surface area contributed by atoms with Crippen LogP contribution in [0.25, 0.3) is 0 Å². The number of aryl methyl sites for hydroxylation is 2. The van der Waals surface area contributed by atoms with Gasteiger partial charge in [0.1, 0.15) is 0 Å². The maximum Gasteiger partial charge on any atom is 0.226 e. The molecule has 0 amide bonds. The van der Waals surface area contributed by atoms with Gasteiger partial charge in [0, 0.05) is 12.1 Å². The Balaban J connectivity index is 1.62. The Hall–Kier alpha value is -1.93. The van der Waals surface area contributed by atoms with Crippen molar-refractivity contribution in [3.05, 3.63) is 41.0 Å². The zero-order chi connectivity index (χ0) is 16.2. The second-order valence-electron chi connectivity index (χ2n) is 4.99. The van der Waals surface area contributed by atoms with Crippen LogP contribution in [0.15, 0.2) is 27.1 Å². The molecule has 23 heavy (non-hydrogen) atoms. The van der Waals surface area contributed by atoms with Crippen LogP contribution in [-0.4, -0.2) is 20.3 Å². The SMILES string of the molecule is CCc1nc(CSc2nnc(Nc3cccc(C)c3C)s2)no1. The maximum atomic E-state index is 5.09. The maximum absolute atomic E-state index is 5.09. The van der Waals surface area contributed by atoms with E-state index in [9.17, 15) is 0 Å². The smallest absolute Gasteiger partial charge is 0.226 e. The molecule has 0 spiro atoms. The standard InChI is InChI=1S/C15H17N5OS2/c1-4-13-17-12(20-21-13)8-22-15-19-18-14(23-15)16-11-7-5-6-9(2)10(11)3/h5-7H,4,8H2,1-3H3,(H,16,18). The average molecular weight is 347 g/mol. The highest BCUT2D eigenvalue weighted by Crippen LogP contribution is 2.30. The summed E-state index contributed by atoms with van der Waals surface area (Å²) in [6, 6.07) is 6.17. The Labute approximate surface area is 142 Å². The summed E-state index contributed by atoms with van der Waals surface area (Å²) in [7, 11) is 0. The van der Waals surface area contributed by atoms with Crippen LogP contribution in [0.1, 0.15) is 29.8 Å². The molecule has 2 aromatic heterocycles. The molecule has 2 heterocycles. The first-order valence-electron chi connectivity index (χ1n) is 7.26. The topological polar surface area (TPSA) is 76.7 Å². The third-order valence-corrected chi connectivity index (χ3v) is 5.36. The van der Waals surface area contributed by atoms with Crippen LogP contribution >= 0.6 is 23.1 Å². The molecule has 6 nitrogen and oxygen atoms in total. The Morgan fingerprint density at radius 1 is 1.26 bits per heavy atom. The van der Waals surface area contributed by atoms with Crippen molar-refractivity contribution < 1.29 is 4.52 Å². The van der Waals surface area contributed by atoms with E-state index in [-0.39, 0.29) is 0 Å². The van der Waals surface area contributed by atoms with Crippen LogP contribution in [0.3, 0.4) is 0 Å². The van der Waals surface area contributed by atoms with Gasteiger partial charge in [-0.1, -0.05) is 47.3 Å². The number of aromatic nitrogens is 4.